The molecule has 0 bridgehead atoms. The summed E-state index contributed by atoms with van der Waals surface area (Å²) >= 11 is 12.1. The van der Waals surface area contributed by atoms with Crippen LogP contribution < -0.4 is 0 Å². The molecule has 2 rings (SSSR count). The van der Waals surface area contributed by atoms with Crippen LogP contribution in [0.15, 0.2) is 57.2 Å². The van der Waals surface area contributed by atoms with Gasteiger partial charge in [-0.2, -0.15) is 5.26 Å². The predicted octanol–water partition coefficient (Wildman–Crippen LogP) is 4.36. The van der Waals surface area contributed by atoms with E-state index in [1.54, 1.807) is 0 Å². The predicted molar refractivity (Wildman–Crippen MR) is 80.8 cm³/mol. The number of allylic oxidation sites excluding steroid dienone is 6. The first-order valence-electron chi connectivity index (χ1n) is 5.75. The molecular formula is C15H10Cl2N2O. The quantitative estimate of drug-likeness (QED) is 0.476. The van der Waals surface area contributed by atoms with Crippen LogP contribution in [0.2, 0.25) is 0 Å². The van der Waals surface area contributed by atoms with Crippen molar-refractivity contribution < 1.29 is 5.21 Å². The summed E-state index contributed by atoms with van der Waals surface area (Å²) < 4.78 is 0. The van der Waals surface area contributed by atoms with Gasteiger partial charge in [0, 0.05) is 5.57 Å². The van der Waals surface area contributed by atoms with Crippen LogP contribution in [0.4, 0.5) is 0 Å². The summed E-state index contributed by atoms with van der Waals surface area (Å²) in [5.74, 6) is 0. The number of hydrogen-bond donors (Lipinski definition) is 1. The van der Waals surface area contributed by atoms with Gasteiger partial charge in [-0.25, -0.2) is 0 Å². The summed E-state index contributed by atoms with van der Waals surface area (Å²) in [4.78, 5) is 0. The second-order valence-electron chi connectivity index (χ2n) is 4.24. The Bertz CT molecular complexity index is 704. The first-order valence-corrected chi connectivity index (χ1v) is 6.51. The molecular weight excluding hydrogens is 295 g/mol. The third-order valence-corrected chi connectivity index (χ3v) is 3.48. The molecule has 0 radical (unpaired) electrons. The molecule has 100 valence electrons. The number of aryl methyl sites for hydroxylation is 1. The van der Waals surface area contributed by atoms with Gasteiger partial charge in [-0.1, -0.05) is 58.2 Å². The molecule has 3 nitrogen and oxygen atoms in total. The molecule has 0 unspecified atom stereocenters. The Morgan fingerprint density at radius 2 is 1.80 bits per heavy atom. The lowest BCUT2D eigenvalue weighted by Crippen LogP contribution is -2.03. The molecule has 0 fully saturated rings. The van der Waals surface area contributed by atoms with Gasteiger partial charge >= 0.3 is 0 Å². The van der Waals surface area contributed by atoms with E-state index >= 15 is 0 Å². The fraction of sp³-hybridized carbons (Fsp3) is 0.0667. The second-order valence-corrected chi connectivity index (χ2v) is 5.05. The highest BCUT2D eigenvalue weighted by atomic mass is 35.5. The van der Waals surface area contributed by atoms with E-state index in [4.69, 9.17) is 28.4 Å². The molecule has 0 amide bonds. The van der Waals surface area contributed by atoms with Gasteiger partial charge in [0.25, 0.3) is 0 Å². The number of nitrogens with zero attached hydrogens (tertiary/aromatic N) is 2. The Hall–Kier alpha value is -2.02. The summed E-state index contributed by atoms with van der Waals surface area (Å²) in [6.45, 7) is 1.97. The summed E-state index contributed by atoms with van der Waals surface area (Å²) in [7, 11) is 0. The molecule has 0 aliphatic heterocycles. The highest BCUT2D eigenvalue weighted by Crippen LogP contribution is 2.32. The van der Waals surface area contributed by atoms with E-state index in [0.717, 1.165) is 11.1 Å². The van der Waals surface area contributed by atoms with E-state index in [-0.39, 0.29) is 10.7 Å². The molecule has 1 aromatic rings. The summed E-state index contributed by atoms with van der Waals surface area (Å²) in [5.41, 5.74) is 2.95. The van der Waals surface area contributed by atoms with Crippen molar-refractivity contribution in [3.05, 3.63) is 63.2 Å². The molecule has 0 saturated carbocycles. The van der Waals surface area contributed by atoms with Crippen LogP contribution in [-0.2, 0) is 0 Å². The first-order chi connectivity index (χ1) is 9.56. The Balaban J connectivity index is 2.61. The topological polar surface area (TPSA) is 56.4 Å². The zero-order valence-corrected chi connectivity index (χ0v) is 12.1. The van der Waals surface area contributed by atoms with Crippen molar-refractivity contribution >= 4 is 34.5 Å². The van der Waals surface area contributed by atoms with E-state index in [1.165, 1.54) is 12.2 Å². The van der Waals surface area contributed by atoms with E-state index in [1.807, 2.05) is 31.2 Å². The van der Waals surface area contributed by atoms with Crippen LogP contribution in [0, 0.1) is 18.3 Å². The van der Waals surface area contributed by atoms with E-state index in [9.17, 15) is 5.26 Å². The maximum atomic E-state index is 9.38. The molecule has 1 aliphatic carbocycles. The average Bonchev–Trinajstić information content (AvgIpc) is 2.45. The minimum Gasteiger partial charge on any atom is -0.410 e. The average molecular weight is 305 g/mol. The summed E-state index contributed by atoms with van der Waals surface area (Å²) in [6, 6.07) is 9.67. The van der Waals surface area contributed by atoms with Gasteiger partial charge in [0.1, 0.15) is 11.8 Å². The van der Waals surface area contributed by atoms with Crippen molar-refractivity contribution in [2.45, 2.75) is 6.92 Å². The number of benzene rings is 1. The Morgan fingerprint density at radius 1 is 1.15 bits per heavy atom. The lowest BCUT2D eigenvalue weighted by Gasteiger charge is -2.12. The monoisotopic (exact) mass is 304 g/mol. The third kappa shape index (κ3) is 2.77. The van der Waals surface area contributed by atoms with Crippen LogP contribution in [0.5, 0.6) is 0 Å². The zero-order chi connectivity index (χ0) is 14.7. The highest BCUT2D eigenvalue weighted by Gasteiger charge is 2.18. The number of hydrogen-bond acceptors (Lipinski definition) is 3. The number of halogens is 2. The van der Waals surface area contributed by atoms with Gasteiger partial charge in [0.15, 0.2) is 0 Å². The van der Waals surface area contributed by atoms with Crippen molar-refractivity contribution in [2.75, 3.05) is 0 Å². The van der Waals surface area contributed by atoms with E-state index in [0.29, 0.717) is 16.2 Å². The van der Waals surface area contributed by atoms with Crippen LogP contribution in [0.25, 0.3) is 5.57 Å². The molecule has 0 spiro atoms. The number of oxime groups is 1. The van der Waals surface area contributed by atoms with E-state index < -0.39 is 0 Å². The van der Waals surface area contributed by atoms with Crippen molar-refractivity contribution in [1.82, 2.24) is 0 Å². The van der Waals surface area contributed by atoms with Gasteiger partial charge in [-0.3, -0.25) is 0 Å². The maximum absolute atomic E-state index is 9.38. The fourth-order valence-electron chi connectivity index (χ4n) is 1.81. The molecule has 0 atom stereocenters. The third-order valence-electron chi connectivity index (χ3n) is 2.87. The standard InChI is InChI=1S/C15H10Cl2N2O/c1-9-2-4-10(5-3-9)12(8-18)11-6-14(17)15(19-20)7-13(11)16/h2-7,20H,1H3/b12-11+,19-15-. The van der Waals surface area contributed by atoms with Crippen molar-refractivity contribution in [2.24, 2.45) is 5.16 Å². The molecule has 5 heteroatoms. The van der Waals surface area contributed by atoms with Gasteiger partial charge in [0.2, 0.25) is 0 Å². The van der Waals surface area contributed by atoms with Gasteiger partial charge < -0.3 is 5.21 Å². The molecule has 1 aliphatic rings. The second kappa shape index (κ2) is 5.96. The lowest BCUT2D eigenvalue weighted by molar-refractivity contribution is 0.320. The lowest BCUT2D eigenvalue weighted by atomic mass is 9.96. The molecule has 1 N–H and O–H groups in total. The molecule has 1 aromatic carbocycles. The van der Waals surface area contributed by atoms with E-state index in [2.05, 4.69) is 11.2 Å². The van der Waals surface area contributed by atoms with Crippen LogP contribution in [-0.4, -0.2) is 10.9 Å². The van der Waals surface area contributed by atoms with Crippen molar-refractivity contribution in [3.8, 4) is 6.07 Å². The normalized spacial score (nSPS) is 19.2. The van der Waals surface area contributed by atoms with Crippen LogP contribution in [0.1, 0.15) is 11.1 Å². The van der Waals surface area contributed by atoms with Crippen molar-refractivity contribution in [3.63, 3.8) is 0 Å². The summed E-state index contributed by atoms with van der Waals surface area (Å²) in [6.07, 6.45) is 2.95. The van der Waals surface area contributed by atoms with Crippen molar-refractivity contribution in [1.29, 1.82) is 5.26 Å². The van der Waals surface area contributed by atoms with Crippen LogP contribution in [0.3, 0.4) is 0 Å². The summed E-state index contributed by atoms with van der Waals surface area (Å²) in [5, 5.41) is 21.7. The van der Waals surface area contributed by atoms with Gasteiger partial charge in [0.05, 0.1) is 15.6 Å². The molecule has 0 saturated heterocycles. The highest BCUT2D eigenvalue weighted by molar-refractivity contribution is 6.48. The SMILES string of the molecule is Cc1ccc(/C(C#N)=C2C=C(Cl)/C(=N\O)C=C\2Cl)cc1. The number of rotatable bonds is 1. The van der Waals surface area contributed by atoms with Crippen LogP contribution >= 0.6 is 23.2 Å². The molecule has 20 heavy (non-hydrogen) atoms. The maximum Gasteiger partial charge on any atom is 0.122 e. The number of nitriles is 1. The van der Waals surface area contributed by atoms with Gasteiger partial charge in [-0.15, -0.1) is 0 Å². The largest absolute Gasteiger partial charge is 0.410 e. The fourth-order valence-corrected chi connectivity index (χ4v) is 2.26. The molecule has 0 heterocycles. The zero-order valence-electron chi connectivity index (χ0n) is 10.6. The minimum absolute atomic E-state index is 0.168. The molecule has 0 aromatic heterocycles. The Labute approximate surface area is 126 Å². The Morgan fingerprint density at radius 3 is 2.35 bits per heavy atom. The van der Waals surface area contributed by atoms with Gasteiger partial charge in [-0.05, 0) is 24.6 Å². The first kappa shape index (κ1) is 14.4. The minimum atomic E-state index is 0.168. The smallest absolute Gasteiger partial charge is 0.122 e. The Kier molecular flexibility index (Phi) is 4.29.